The van der Waals surface area contributed by atoms with Gasteiger partial charge in [-0.1, -0.05) is 23.2 Å². The van der Waals surface area contributed by atoms with Crippen molar-refractivity contribution in [2.45, 2.75) is 18.6 Å². The molecule has 148 valence electrons. The molecule has 0 aromatic heterocycles. The minimum atomic E-state index is -1.23. The summed E-state index contributed by atoms with van der Waals surface area (Å²) < 4.78 is 16.8. The van der Waals surface area contributed by atoms with Crippen LogP contribution in [0.2, 0.25) is 10.0 Å². The van der Waals surface area contributed by atoms with Crippen LogP contribution in [0.3, 0.4) is 0 Å². The monoisotopic (exact) mass is 425 g/mol. The third kappa shape index (κ3) is 4.01. The topological polar surface area (TPSA) is 94.1 Å². The van der Waals surface area contributed by atoms with Crippen molar-refractivity contribution >= 4 is 40.8 Å². The van der Waals surface area contributed by atoms with Gasteiger partial charge in [-0.3, -0.25) is 9.59 Å². The van der Waals surface area contributed by atoms with Gasteiger partial charge in [0.1, 0.15) is 12.2 Å². The van der Waals surface area contributed by atoms with Gasteiger partial charge in [0.2, 0.25) is 0 Å². The number of nitrogens with one attached hydrogen (secondary N) is 1. The van der Waals surface area contributed by atoms with Crippen molar-refractivity contribution in [3.05, 3.63) is 51.5 Å². The van der Waals surface area contributed by atoms with E-state index in [4.69, 9.17) is 37.4 Å². The van der Waals surface area contributed by atoms with Crippen LogP contribution in [0.25, 0.3) is 0 Å². The summed E-state index contributed by atoms with van der Waals surface area (Å²) >= 11 is 12.4. The average molecular weight is 426 g/mol. The zero-order valence-corrected chi connectivity index (χ0v) is 16.5. The van der Waals surface area contributed by atoms with Gasteiger partial charge in [0.15, 0.2) is 11.5 Å². The Morgan fingerprint density at radius 3 is 2.50 bits per heavy atom. The normalized spacial score (nSPS) is 18.6. The molecule has 0 radical (unpaired) electrons. The molecule has 2 atom stereocenters. The first kappa shape index (κ1) is 20.3. The van der Waals surface area contributed by atoms with Crippen LogP contribution >= 0.6 is 23.2 Å². The van der Waals surface area contributed by atoms with E-state index in [1.165, 1.54) is 14.2 Å². The fourth-order valence-electron chi connectivity index (χ4n) is 3.07. The molecule has 2 unspecified atom stereocenters. The standard InChI is InChI=1S/C19H17Cl2NO6/c1-26-14-7-10(21)6-12(18(14)27-2)17-11-5-9(20)3-4-13(11)22-19(25)15(28-17)8-16(23)24/h3-7,15,17H,8H2,1-2H3,(H,22,25)(H,23,24). The summed E-state index contributed by atoms with van der Waals surface area (Å²) in [4.78, 5) is 23.7. The van der Waals surface area contributed by atoms with Gasteiger partial charge in [-0.15, -0.1) is 0 Å². The predicted octanol–water partition coefficient (Wildman–Crippen LogP) is 3.91. The summed E-state index contributed by atoms with van der Waals surface area (Å²) in [5.74, 6) is -1.01. The molecular weight excluding hydrogens is 409 g/mol. The smallest absolute Gasteiger partial charge is 0.306 e. The van der Waals surface area contributed by atoms with Gasteiger partial charge in [-0.25, -0.2) is 0 Å². The molecule has 1 heterocycles. The van der Waals surface area contributed by atoms with Crippen LogP contribution in [-0.4, -0.2) is 37.3 Å². The maximum absolute atomic E-state index is 12.5. The highest BCUT2D eigenvalue weighted by molar-refractivity contribution is 6.31. The highest BCUT2D eigenvalue weighted by Crippen LogP contribution is 2.45. The molecule has 0 bridgehead atoms. The lowest BCUT2D eigenvalue weighted by Crippen LogP contribution is -2.31. The molecule has 2 aromatic rings. The second-order valence-electron chi connectivity index (χ2n) is 6.05. The third-order valence-corrected chi connectivity index (χ3v) is 4.71. The van der Waals surface area contributed by atoms with Crippen molar-refractivity contribution in [1.82, 2.24) is 0 Å². The molecule has 9 heteroatoms. The van der Waals surface area contributed by atoms with Crippen molar-refractivity contribution < 1.29 is 28.9 Å². The van der Waals surface area contributed by atoms with E-state index in [0.717, 1.165) is 0 Å². The molecule has 7 nitrogen and oxygen atoms in total. The van der Waals surface area contributed by atoms with Gasteiger partial charge in [0, 0.05) is 32.9 Å². The molecule has 28 heavy (non-hydrogen) atoms. The number of halogens is 2. The number of aliphatic carboxylic acids is 1. The Bertz CT molecular complexity index is 933. The maximum Gasteiger partial charge on any atom is 0.306 e. The molecular formula is C19H17Cl2NO6. The molecule has 0 saturated heterocycles. The van der Waals surface area contributed by atoms with Crippen LogP contribution < -0.4 is 14.8 Å². The number of anilines is 1. The molecule has 0 saturated carbocycles. The van der Waals surface area contributed by atoms with Crippen LogP contribution in [0.5, 0.6) is 11.5 Å². The van der Waals surface area contributed by atoms with Crippen molar-refractivity contribution in [1.29, 1.82) is 0 Å². The number of carbonyl (C=O) groups is 2. The number of hydrogen-bond donors (Lipinski definition) is 2. The molecule has 0 spiro atoms. The summed E-state index contributed by atoms with van der Waals surface area (Å²) in [6.07, 6.45) is -2.62. The van der Waals surface area contributed by atoms with E-state index in [9.17, 15) is 14.7 Å². The zero-order valence-electron chi connectivity index (χ0n) is 15.0. The number of benzene rings is 2. The lowest BCUT2D eigenvalue weighted by atomic mass is 9.98. The van der Waals surface area contributed by atoms with Crippen LogP contribution in [0, 0.1) is 0 Å². The lowest BCUT2D eigenvalue weighted by molar-refractivity contribution is -0.146. The lowest BCUT2D eigenvalue weighted by Gasteiger charge is -2.24. The fourth-order valence-corrected chi connectivity index (χ4v) is 3.47. The number of carbonyl (C=O) groups excluding carboxylic acids is 1. The van der Waals surface area contributed by atoms with E-state index < -0.39 is 30.5 Å². The predicted molar refractivity (Wildman–Crippen MR) is 104 cm³/mol. The molecule has 1 amide bonds. The first-order valence-corrected chi connectivity index (χ1v) is 8.98. The molecule has 0 aliphatic carbocycles. The number of ether oxygens (including phenoxy) is 3. The van der Waals surface area contributed by atoms with Gasteiger partial charge in [-0.2, -0.15) is 0 Å². The maximum atomic E-state index is 12.5. The minimum absolute atomic E-state index is 0.353. The van der Waals surface area contributed by atoms with Gasteiger partial charge in [0.25, 0.3) is 5.91 Å². The van der Waals surface area contributed by atoms with E-state index in [1.54, 1.807) is 30.3 Å². The van der Waals surface area contributed by atoms with Crippen LogP contribution in [0.4, 0.5) is 5.69 Å². The van der Waals surface area contributed by atoms with E-state index in [-0.39, 0.29) is 0 Å². The highest BCUT2D eigenvalue weighted by atomic mass is 35.5. The number of hydrogen-bond acceptors (Lipinski definition) is 5. The summed E-state index contributed by atoms with van der Waals surface area (Å²) in [6.45, 7) is 0. The Balaban J connectivity index is 2.22. The Morgan fingerprint density at radius 1 is 1.14 bits per heavy atom. The molecule has 2 aromatic carbocycles. The van der Waals surface area contributed by atoms with E-state index >= 15 is 0 Å². The molecule has 1 aliphatic rings. The first-order valence-electron chi connectivity index (χ1n) is 8.23. The fraction of sp³-hybridized carbons (Fsp3) is 0.263. The number of carboxylic acids is 1. The Kier molecular flexibility index (Phi) is 5.98. The van der Waals surface area contributed by atoms with Crippen molar-refractivity contribution in [3.63, 3.8) is 0 Å². The second-order valence-corrected chi connectivity index (χ2v) is 6.93. The van der Waals surface area contributed by atoms with Crippen LogP contribution in [0.1, 0.15) is 23.7 Å². The quantitative estimate of drug-likeness (QED) is 0.753. The molecule has 2 N–H and O–H groups in total. The molecule has 0 fully saturated rings. The van der Waals surface area contributed by atoms with Gasteiger partial charge < -0.3 is 24.6 Å². The van der Waals surface area contributed by atoms with Crippen molar-refractivity contribution in [2.24, 2.45) is 0 Å². The van der Waals surface area contributed by atoms with Crippen LogP contribution in [-0.2, 0) is 14.3 Å². The average Bonchev–Trinajstić information content (AvgIpc) is 2.77. The van der Waals surface area contributed by atoms with Crippen molar-refractivity contribution in [3.8, 4) is 11.5 Å². The summed E-state index contributed by atoms with van der Waals surface area (Å²) in [5.41, 5.74) is 1.46. The number of carboxylic acid groups (broad SMARTS) is 1. The van der Waals surface area contributed by atoms with Gasteiger partial charge in [-0.05, 0) is 24.3 Å². The van der Waals surface area contributed by atoms with Gasteiger partial charge in [0.05, 0.1) is 20.6 Å². The largest absolute Gasteiger partial charge is 0.493 e. The number of methoxy groups -OCH3 is 2. The summed E-state index contributed by atoms with van der Waals surface area (Å²) in [7, 11) is 2.93. The zero-order chi connectivity index (χ0) is 20.4. The molecule has 3 rings (SSSR count). The summed E-state index contributed by atoms with van der Waals surface area (Å²) in [6, 6.07) is 8.08. The SMILES string of the molecule is COc1cc(Cl)cc(C2OC(CC(=O)O)C(=O)Nc3ccc(Cl)cc32)c1OC. The second kappa shape index (κ2) is 8.26. The van der Waals surface area contributed by atoms with Crippen LogP contribution in [0.15, 0.2) is 30.3 Å². The number of amides is 1. The van der Waals surface area contributed by atoms with E-state index in [1.807, 2.05) is 0 Å². The number of fused-ring (bicyclic) bond motifs is 1. The first-order chi connectivity index (χ1) is 13.3. The van der Waals surface area contributed by atoms with E-state index in [0.29, 0.717) is 38.4 Å². The molecule has 1 aliphatic heterocycles. The van der Waals surface area contributed by atoms with Crippen molar-refractivity contribution in [2.75, 3.05) is 19.5 Å². The van der Waals surface area contributed by atoms with Gasteiger partial charge >= 0.3 is 5.97 Å². The third-order valence-electron chi connectivity index (χ3n) is 4.26. The Hall–Kier alpha value is -2.48. The van der Waals surface area contributed by atoms with E-state index in [2.05, 4.69) is 5.32 Å². The summed E-state index contributed by atoms with van der Waals surface area (Å²) in [5, 5.41) is 12.6. The highest BCUT2D eigenvalue weighted by Gasteiger charge is 2.35. The Labute approximate surface area is 171 Å². The Morgan fingerprint density at radius 2 is 1.86 bits per heavy atom. The minimum Gasteiger partial charge on any atom is -0.493 e. The number of rotatable bonds is 5.